The topological polar surface area (TPSA) is 123 Å². The Balaban J connectivity index is 1.64. The molecule has 0 unspecified atom stereocenters. The van der Waals surface area contributed by atoms with Crippen molar-refractivity contribution in [2.24, 2.45) is 11.8 Å². The largest absolute Gasteiger partial charge is 0.467 e. The van der Waals surface area contributed by atoms with Gasteiger partial charge in [-0.05, 0) is 50.0 Å². The summed E-state index contributed by atoms with van der Waals surface area (Å²) in [5.41, 5.74) is 0.516. The highest BCUT2D eigenvalue weighted by atomic mass is 16.6. The van der Waals surface area contributed by atoms with Crippen molar-refractivity contribution >= 4 is 23.9 Å². The number of carbonyl (C=O) groups excluding carboxylic acids is 4. The van der Waals surface area contributed by atoms with Gasteiger partial charge in [0.1, 0.15) is 17.7 Å². The van der Waals surface area contributed by atoms with Crippen molar-refractivity contribution in [2.45, 2.75) is 76.5 Å². The fourth-order valence-electron chi connectivity index (χ4n) is 4.71. The average molecular weight is 488 g/mol. The number of nitrogens with one attached hydrogen (secondary N) is 3. The second-order valence-electron chi connectivity index (χ2n) is 10.0. The van der Waals surface area contributed by atoms with E-state index in [-0.39, 0.29) is 24.2 Å². The molecule has 3 N–H and O–H groups in total. The first-order valence-corrected chi connectivity index (χ1v) is 12.4. The van der Waals surface area contributed by atoms with Crippen molar-refractivity contribution in [1.29, 1.82) is 0 Å². The molecule has 192 valence electrons. The van der Waals surface area contributed by atoms with Crippen molar-refractivity contribution in [3.63, 3.8) is 0 Å². The van der Waals surface area contributed by atoms with Crippen molar-refractivity contribution in [2.75, 3.05) is 13.7 Å². The third-order valence-electron chi connectivity index (χ3n) is 6.74. The highest BCUT2D eigenvalue weighted by Crippen LogP contribution is 2.38. The van der Waals surface area contributed by atoms with E-state index in [1.807, 2.05) is 44.2 Å². The standard InChI is InChI=1S/C26H37N3O6/c1-17(2)14-20(23(31)28-21(24(32)34-3)15-19-10-13-27-22(19)30)29-25(33)35-26(11-7-12-26)16-18-8-5-4-6-9-18/h4-6,8-9,17,19-21H,7,10-16H2,1-3H3,(H,27,30)(H,28,31)(H,29,33)/t19-,20-,21-/m0/s1. The van der Waals surface area contributed by atoms with Crippen LogP contribution in [-0.4, -0.2) is 55.2 Å². The summed E-state index contributed by atoms with van der Waals surface area (Å²) in [4.78, 5) is 50.3. The average Bonchev–Trinajstić information content (AvgIpc) is 3.20. The Morgan fingerprint density at radius 3 is 2.37 bits per heavy atom. The van der Waals surface area contributed by atoms with Gasteiger partial charge in [0.25, 0.3) is 0 Å². The zero-order valence-electron chi connectivity index (χ0n) is 20.8. The van der Waals surface area contributed by atoms with Crippen LogP contribution >= 0.6 is 0 Å². The van der Waals surface area contributed by atoms with Gasteiger partial charge in [0.2, 0.25) is 11.8 Å². The summed E-state index contributed by atoms with van der Waals surface area (Å²) in [6, 6.07) is 8.00. The minimum Gasteiger partial charge on any atom is -0.467 e. The lowest BCUT2D eigenvalue weighted by atomic mass is 9.76. The zero-order chi connectivity index (χ0) is 25.4. The van der Waals surface area contributed by atoms with Gasteiger partial charge in [0.15, 0.2) is 0 Å². The maximum absolute atomic E-state index is 13.2. The fourth-order valence-corrected chi connectivity index (χ4v) is 4.71. The smallest absolute Gasteiger partial charge is 0.408 e. The Labute approximate surface area is 206 Å². The number of rotatable bonds is 11. The van der Waals surface area contributed by atoms with E-state index in [9.17, 15) is 19.2 Å². The molecule has 9 heteroatoms. The van der Waals surface area contributed by atoms with Gasteiger partial charge in [-0.3, -0.25) is 9.59 Å². The van der Waals surface area contributed by atoms with Crippen LogP contribution in [0.25, 0.3) is 0 Å². The molecule has 0 aromatic heterocycles. The van der Waals surface area contributed by atoms with Crippen molar-refractivity contribution in [3.8, 4) is 0 Å². The van der Waals surface area contributed by atoms with Gasteiger partial charge in [0, 0.05) is 18.9 Å². The van der Waals surface area contributed by atoms with E-state index in [0.29, 0.717) is 25.8 Å². The molecule has 1 aliphatic heterocycles. The van der Waals surface area contributed by atoms with E-state index in [2.05, 4.69) is 16.0 Å². The zero-order valence-corrected chi connectivity index (χ0v) is 20.8. The first-order valence-electron chi connectivity index (χ1n) is 12.4. The van der Waals surface area contributed by atoms with E-state index in [1.165, 1.54) is 7.11 Å². The minimum absolute atomic E-state index is 0.102. The highest BCUT2D eigenvalue weighted by Gasteiger charge is 2.42. The first kappa shape index (κ1) is 26.5. The number of ether oxygens (including phenoxy) is 2. The molecule has 1 aliphatic carbocycles. The summed E-state index contributed by atoms with van der Waals surface area (Å²) < 4.78 is 10.7. The number of carbonyl (C=O) groups is 4. The number of hydrogen-bond donors (Lipinski definition) is 3. The quantitative estimate of drug-likeness (QED) is 0.412. The lowest BCUT2D eigenvalue weighted by molar-refractivity contribution is -0.146. The summed E-state index contributed by atoms with van der Waals surface area (Å²) in [7, 11) is 1.24. The molecular weight excluding hydrogens is 450 g/mol. The molecule has 1 heterocycles. The highest BCUT2D eigenvalue weighted by molar-refractivity contribution is 5.90. The Kier molecular flexibility index (Phi) is 9.12. The van der Waals surface area contributed by atoms with Crippen molar-refractivity contribution < 1.29 is 28.7 Å². The third kappa shape index (κ3) is 7.44. The van der Waals surface area contributed by atoms with Gasteiger partial charge in [-0.1, -0.05) is 44.2 Å². The number of esters is 1. The molecule has 0 spiro atoms. The molecule has 0 bridgehead atoms. The van der Waals surface area contributed by atoms with Gasteiger partial charge in [-0.2, -0.15) is 0 Å². The van der Waals surface area contributed by atoms with E-state index >= 15 is 0 Å². The number of methoxy groups -OCH3 is 1. The molecule has 1 saturated heterocycles. The van der Waals surface area contributed by atoms with E-state index in [0.717, 1.165) is 24.8 Å². The molecule has 9 nitrogen and oxygen atoms in total. The Bertz CT molecular complexity index is 900. The summed E-state index contributed by atoms with van der Waals surface area (Å²) in [6.07, 6.45) is 3.58. The molecule has 35 heavy (non-hydrogen) atoms. The minimum atomic E-state index is -0.982. The SMILES string of the molecule is COC(=O)[C@H](C[C@@H]1CCNC1=O)NC(=O)[C@H](CC(C)C)NC(=O)OC1(Cc2ccccc2)CCC1. The van der Waals surface area contributed by atoms with Crippen LogP contribution < -0.4 is 16.0 Å². The van der Waals surface area contributed by atoms with Gasteiger partial charge >= 0.3 is 12.1 Å². The van der Waals surface area contributed by atoms with Crippen LogP contribution in [0.1, 0.15) is 57.9 Å². The lowest BCUT2D eigenvalue weighted by Gasteiger charge is -2.41. The number of hydrogen-bond acceptors (Lipinski definition) is 6. The van der Waals surface area contributed by atoms with Crippen LogP contribution in [0.5, 0.6) is 0 Å². The number of alkyl carbamates (subject to hydrolysis) is 1. The molecule has 0 radical (unpaired) electrons. The molecular formula is C26H37N3O6. The second-order valence-corrected chi connectivity index (χ2v) is 10.0. The van der Waals surface area contributed by atoms with E-state index < -0.39 is 35.7 Å². The second kappa shape index (κ2) is 12.0. The van der Waals surface area contributed by atoms with Crippen LogP contribution in [-0.2, 0) is 30.3 Å². The molecule has 1 aromatic rings. The van der Waals surface area contributed by atoms with Crippen molar-refractivity contribution in [3.05, 3.63) is 35.9 Å². The molecule has 1 aromatic carbocycles. The lowest BCUT2D eigenvalue weighted by Crippen LogP contribution is -2.54. The number of amides is 3. The third-order valence-corrected chi connectivity index (χ3v) is 6.74. The normalized spacial score (nSPS) is 20.2. The summed E-state index contributed by atoms with van der Waals surface area (Å²) >= 11 is 0. The fraction of sp³-hybridized carbons (Fsp3) is 0.615. The van der Waals surface area contributed by atoms with E-state index in [4.69, 9.17) is 9.47 Å². The van der Waals surface area contributed by atoms with Crippen LogP contribution in [0.15, 0.2) is 30.3 Å². The summed E-state index contributed by atoms with van der Waals surface area (Å²) in [6.45, 7) is 4.42. The molecule has 3 rings (SSSR count). The first-order chi connectivity index (χ1) is 16.7. The summed E-state index contributed by atoms with van der Waals surface area (Å²) in [5.74, 6) is -1.55. The van der Waals surface area contributed by atoms with E-state index in [1.54, 1.807) is 0 Å². The van der Waals surface area contributed by atoms with Gasteiger partial charge in [-0.15, -0.1) is 0 Å². The maximum atomic E-state index is 13.2. The van der Waals surface area contributed by atoms with Crippen LogP contribution in [0.2, 0.25) is 0 Å². The Morgan fingerprint density at radius 2 is 1.83 bits per heavy atom. The maximum Gasteiger partial charge on any atom is 0.408 e. The van der Waals surface area contributed by atoms with Gasteiger partial charge < -0.3 is 25.4 Å². The molecule has 2 aliphatic rings. The monoisotopic (exact) mass is 487 g/mol. The molecule has 3 atom stereocenters. The van der Waals surface area contributed by atoms with Gasteiger partial charge in [0.05, 0.1) is 7.11 Å². The Morgan fingerprint density at radius 1 is 1.11 bits per heavy atom. The van der Waals surface area contributed by atoms with Gasteiger partial charge in [-0.25, -0.2) is 9.59 Å². The van der Waals surface area contributed by atoms with Crippen molar-refractivity contribution in [1.82, 2.24) is 16.0 Å². The van der Waals surface area contributed by atoms with Crippen LogP contribution in [0.4, 0.5) is 4.79 Å². The summed E-state index contributed by atoms with van der Waals surface area (Å²) in [5, 5.41) is 8.14. The molecule has 2 fully saturated rings. The molecule has 3 amide bonds. The predicted molar refractivity (Wildman–Crippen MR) is 129 cm³/mol. The van der Waals surface area contributed by atoms with Crippen LogP contribution in [0.3, 0.4) is 0 Å². The number of benzene rings is 1. The predicted octanol–water partition coefficient (Wildman–Crippen LogP) is 2.48. The molecule has 1 saturated carbocycles. The Hall–Kier alpha value is -3.10. The van der Waals surface area contributed by atoms with Crippen LogP contribution in [0, 0.1) is 11.8 Å².